The molecule has 1 heterocycles. The number of fused-ring (bicyclic) bond motifs is 9. The predicted octanol–water partition coefficient (Wildman–Crippen LogP) is 9.27. The van der Waals surface area contributed by atoms with Gasteiger partial charge >= 0.3 is 0 Å². The first-order valence-corrected chi connectivity index (χ1v) is 14.0. The molecule has 1 aliphatic heterocycles. The number of rotatable bonds is 2. The topological polar surface area (TPSA) is 9.23 Å². The Bertz CT molecular complexity index is 1380. The molecular formula is C34H36O. The fourth-order valence-electron chi connectivity index (χ4n) is 8.14. The summed E-state index contributed by atoms with van der Waals surface area (Å²) in [4.78, 5) is 0. The Morgan fingerprint density at radius 3 is 2.74 bits per heavy atom. The van der Waals surface area contributed by atoms with Gasteiger partial charge in [-0.25, -0.2) is 0 Å². The van der Waals surface area contributed by atoms with E-state index in [-0.39, 0.29) is 5.41 Å². The van der Waals surface area contributed by atoms with Crippen molar-refractivity contribution in [1.82, 2.24) is 0 Å². The minimum atomic E-state index is -0.135. The van der Waals surface area contributed by atoms with Crippen LogP contribution in [0.3, 0.4) is 0 Å². The Kier molecular flexibility index (Phi) is 4.98. The third-order valence-corrected chi connectivity index (χ3v) is 9.44. The van der Waals surface area contributed by atoms with Crippen molar-refractivity contribution in [3.8, 4) is 5.75 Å². The van der Waals surface area contributed by atoms with Gasteiger partial charge in [0.2, 0.25) is 0 Å². The minimum absolute atomic E-state index is 0.135. The van der Waals surface area contributed by atoms with Crippen LogP contribution in [-0.2, 0) is 5.41 Å². The Hall–Kier alpha value is -2.80. The fourth-order valence-corrected chi connectivity index (χ4v) is 8.14. The molecule has 7 rings (SSSR count). The number of hydrogen-bond donors (Lipinski definition) is 0. The van der Waals surface area contributed by atoms with Crippen LogP contribution in [0, 0.1) is 11.8 Å². The largest absolute Gasteiger partial charge is 0.456 e. The molecule has 2 aromatic carbocycles. The molecule has 1 nitrogen and oxygen atoms in total. The van der Waals surface area contributed by atoms with Crippen molar-refractivity contribution in [3.05, 3.63) is 99.9 Å². The lowest BCUT2D eigenvalue weighted by Crippen LogP contribution is -2.42. The van der Waals surface area contributed by atoms with Crippen molar-refractivity contribution in [2.24, 2.45) is 11.8 Å². The molecule has 1 spiro atoms. The maximum Gasteiger partial charge on any atom is 0.139 e. The maximum atomic E-state index is 7.12. The zero-order valence-electron chi connectivity index (χ0n) is 21.2. The Morgan fingerprint density at radius 1 is 0.971 bits per heavy atom. The van der Waals surface area contributed by atoms with Gasteiger partial charge in [0.1, 0.15) is 11.5 Å². The van der Waals surface area contributed by atoms with Crippen LogP contribution in [0.15, 0.2) is 94.3 Å². The first-order valence-electron chi connectivity index (χ1n) is 14.0. The second kappa shape index (κ2) is 8.12. The van der Waals surface area contributed by atoms with E-state index in [1.165, 1.54) is 65.3 Å². The molecule has 3 atom stereocenters. The molecule has 2 fully saturated rings. The molecule has 2 aromatic rings. The van der Waals surface area contributed by atoms with Crippen LogP contribution in [-0.4, -0.2) is 0 Å². The Morgan fingerprint density at radius 2 is 1.86 bits per heavy atom. The van der Waals surface area contributed by atoms with Crippen molar-refractivity contribution in [2.45, 2.75) is 77.0 Å². The second-order valence-electron chi connectivity index (χ2n) is 11.1. The average molecular weight is 461 g/mol. The molecule has 4 aliphatic carbocycles. The molecule has 2 saturated carbocycles. The SMILES string of the molecule is CC/C=C1/C2=CCCC=C2C2(C3=CCC4CCCCC4=C3Oc3c2ccc2ccccc32)C1CC. The summed E-state index contributed by atoms with van der Waals surface area (Å²) in [7, 11) is 0. The van der Waals surface area contributed by atoms with E-state index in [1.807, 2.05) is 0 Å². The summed E-state index contributed by atoms with van der Waals surface area (Å²) in [6.07, 6.45) is 21.1. The van der Waals surface area contributed by atoms with Crippen molar-refractivity contribution in [3.63, 3.8) is 0 Å². The molecule has 35 heavy (non-hydrogen) atoms. The maximum absolute atomic E-state index is 7.12. The zero-order chi connectivity index (χ0) is 23.6. The van der Waals surface area contributed by atoms with Crippen molar-refractivity contribution >= 4 is 10.8 Å². The average Bonchev–Trinajstić information content (AvgIpc) is 3.18. The lowest BCUT2D eigenvalue weighted by atomic mass is 9.58. The molecule has 0 aromatic heterocycles. The van der Waals surface area contributed by atoms with E-state index < -0.39 is 0 Å². The standard InChI is InChI=1S/C34H36O/c1-3-11-26-27-16-9-10-17-29(27)34(28(26)4-2)30-20-18-22-12-5-7-14-24(22)32(30)35-33-25-15-8-6-13-23(25)19-21-31(33)34/h5,7,11-12,14,16-18,20-21,23,28H,3-4,6,8-10,13,15,19H2,1-2H3/b26-11-. The Labute approximate surface area is 210 Å². The van der Waals surface area contributed by atoms with Crippen LogP contribution < -0.4 is 4.74 Å². The number of allylic oxidation sites excluding steroid dienone is 9. The zero-order valence-corrected chi connectivity index (χ0v) is 21.2. The summed E-state index contributed by atoms with van der Waals surface area (Å²) in [5, 5.41) is 2.54. The summed E-state index contributed by atoms with van der Waals surface area (Å²) in [5.74, 6) is 3.48. The van der Waals surface area contributed by atoms with E-state index >= 15 is 0 Å². The van der Waals surface area contributed by atoms with Crippen LogP contribution in [0.5, 0.6) is 5.75 Å². The third-order valence-electron chi connectivity index (χ3n) is 9.44. The van der Waals surface area contributed by atoms with E-state index in [0.29, 0.717) is 11.8 Å². The van der Waals surface area contributed by atoms with Gasteiger partial charge in [-0.1, -0.05) is 81.0 Å². The molecule has 1 heteroatoms. The first kappa shape index (κ1) is 21.5. The number of ether oxygens (including phenoxy) is 1. The van der Waals surface area contributed by atoms with Crippen LogP contribution in [0.1, 0.15) is 77.2 Å². The molecule has 0 radical (unpaired) electrons. The van der Waals surface area contributed by atoms with Gasteiger partial charge in [-0.2, -0.15) is 0 Å². The van der Waals surface area contributed by atoms with Gasteiger partial charge in [-0.3, -0.25) is 0 Å². The molecule has 5 aliphatic rings. The second-order valence-corrected chi connectivity index (χ2v) is 11.1. The van der Waals surface area contributed by atoms with Gasteiger partial charge in [0.15, 0.2) is 0 Å². The van der Waals surface area contributed by atoms with E-state index in [9.17, 15) is 0 Å². The summed E-state index contributed by atoms with van der Waals surface area (Å²) in [6, 6.07) is 13.6. The first-order chi connectivity index (χ1) is 17.3. The molecule has 3 unspecified atom stereocenters. The number of hydrogen-bond acceptors (Lipinski definition) is 1. The molecule has 178 valence electrons. The molecule has 0 N–H and O–H groups in total. The van der Waals surface area contributed by atoms with Gasteiger partial charge in [0.05, 0.1) is 5.41 Å². The molecule has 0 amide bonds. The quantitative estimate of drug-likeness (QED) is 0.434. The lowest BCUT2D eigenvalue weighted by molar-refractivity contribution is 0.307. The fraction of sp³-hybridized carbons (Fsp3) is 0.412. The van der Waals surface area contributed by atoms with Gasteiger partial charge < -0.3 is 4.74 Å². The van der Waals surface area contributed by atoms with E-state index in [2.05, 4.69) is 74.5 Å². The summed E-state index contributed by atoms with van der Waals surface area (Å²) >= 11 is 0. The molecular weight excluding hydrogens is 424 g/mol. The molecule has 0 bridgehead atoms. The minimum Gasteiger partial charge on any atom is -0.456 e. The highest BCUT2D eigenvalue weighted by Gasteiger charge is 2.59. The predicted molar refractivity (Wildman–Crippen MR) is 145 cm³/mol. The molecule has 0 saturated heterocycles. The van der Waals surface area contributed by atoms with E-state index in [1.54, 1.807) is 16.7 Å². The van der Waals surface area contributed by atoms with Crippen LogP contribution in [0.2, 0.25) is 0 Å². The van der Waals surface area contributed by atoms with Crippen molar-refractivity contribution in [2.75, 3.05) is 0 Å². The highest BCUT2D eigenvalue weighted by atomic mass is 16.5. The smallest absolute Gasteiger partial charge is 0.139 e. The number of benzene rings is 2. The lowest BCUT2D eigenvalue weighted by Gasteiger charge is -2.48. The van der Waals surface area contributed by atoms with Crippen molar-refractivity contribution < 1.29 is 4.74 Å². The van der Waals surface area contributed by atoms with Crippen molar-refractivity contribution in [1.29, 1.82) is 0 Å². The van der Waals surface area contributed by atoms with Crippen LogP contribution >= 0.6 is 0 Å². The van der Waals surface area contributed by atoms with Gasteiger partial charge in [0.25, 0.3) is 0 Å². The summed E-state index contributed by atoms with van der Waals surface area (Å²) in [6.45, 7) is 4.70. The third kappa shape index (κ3) is 2.82. The monoisotopic (exact) mass is 460 g/mol. The van der Waals surface area contributed by atoms with Gasteiger partial charge in [-0.05, 0) is 85.0 Å². The van der Waals surface area contributed by atoms with Gasteiger partial charge in [0, 0.05) is 22.4 Å². The van der Waals surface area contributed by atoms with Crippen LogP contribution in [0.4, 0.5) is 0 Å². The summed E-state index contributed by atoms with van der Waals surface area (Å²) in [5.41, 5.74) is 9.03. The Balaban J connectivity index is 1.61. The normalized spacial score (nSPS) is 30.2. The van der Waals surface area contributed by atoms with E-state index in [0.717, 1.165) is 31.4 Å². The van der Waals surface area contributed by atoms with E-state index in [4.69, 9.17) is 4.74 Å². The summed E-state index contributed by atoms with van der Waals surface area (Å²) < 4.78 is 7.12. The highest BCUT2D eigenvalue weighted by molar-refractivity contribution is 5.92. The van der Waals surface area contributed by atoms with Gasteiger partial charge in [-0.15, -0.1) is 0 Å². The highest BCUT2D eigenvalue weighted by Crippen LogP contribution is 2.67. The van der Waals surface area contributed by atoms with Crippen LogP contribution in [0.25, 0.3) is 10.8 Å².